The predicted molar refractivity (Wildman–Crippen MR) is 46.2 cm³/mol. The number of hydrogen-bond acceptors (Lipinski definition) is 2. The monoisotopic (exact) mass is 224 g/mol. The Kier molecular flexibility index (Phi) is 2.99. The molecule has 1 unspecified atom stereocenters. The SMILES string of the molecule is Cc1cc(Cl)nnc1C(C)C(F)(F)F. The van der Waals surface area contributed by atoms with E-state index in [4.69, 9.17) is 11.6 Å². The largest absolute Gasteiger partial charge is 0.397 e. The zero-order valence-electron chi connectivity index (χ0n) is 7.56. The van der Waals surface area contributed by atoms with Crippen LogP contribution in [0, 0.1) is 6.92 Å². The van der Waals surface area contributed by atoms with Crippen molar-refractivity contribution in [2.24, 2.45) is 0 Å². The molecule has 0 N–H and O–H groups in total. The fourth-order valence-corrected chi connectivity index (χ4v) is 1.25. The van der Waals surface area contributed by atoms with E-state index >= 15 is 0 Å². The molecule has 6 heteroatoms. The van der Waals surface area contributed by atoms with Gasteiger partial charge in [0.15, 0.2) is 5.15 Å². The summed E-state index contributed by atoms with van der Waals surface area (Å²) in [6.45, 7) is 2.57. The summed E-state index contributed by atoms with van der Waals surface area (Å²) < 4.78 is 36.9. The lowest BCUT2D eigenvalue weighted by Crippen LogP contribution is -2.20. The Morgan fingerprint density at radius 3 is 2.36 bits per heavy atom. The van der Waals surface area contributed by atoms with E-state index in [2.05, 4.69) is 10.2 Å². The summed E-state index contributed by atoms with van der Waals surface area (Å²) in [5.74, 6) is -1.62. The number of aryl methyl sites for hydroxylation is 1. The summed E-state index contributed by atoms with van der Waals surface area (Å²) in [6.07, 6.45) is -4.30. The maximum atomic E-state index is 12.3. The topological polar surface area (TPSA) is 25.8 Å². The highest BCUT2D eigenvalue weighted by atomic mass is 35.5. The first-order valence-corrected chi connectivity index (χ1v) is 4.26. The Morgan fingerprint density at radius 1 is 1.36 bits per heavy atom. The van der Waals surface area contributed by atoms with Crippen LogP contribution in [0.5, 0.6) is 0 Å². The van der Waals surface area contributed by atoms with Crippen molar-refractivity contribution in [1.82, 2.24) is 10.2 Å². The van der Waals surface area contributed by atoms with E-state index in [0.29, 0.717) is 5.56 Å². The van der Waals surface area contributed by atoms with Crippen LogP contribution in [0.1, 0.15) is 24.1 Å². The molecule has 0 bridgehead atoms. The molecule has 0 spiro atoms. The van der Waals surface area contributed by atoms with Gasteiger partial charge < -0.3 is 0 Å². The van der Waals surface area contributed by atoms with Crippen LogP contribution >= 0.6 is 11.6 Å². The van der Waals surface area contributed by atoms with Gasteiger partial charge in [0.1, 0.15) is 0 Å². The van der Waals surface area contributed by atoms with E-state index in [1.165, 1.54) is 13.0 Å². The molecule has 1 aromatic heterocycles. The number of rotatable bonds is 1. The zero-order chi connectivity index (χ0) is 10.9. The van der Waals surface area contributed by atoms with Gasteiger partial charge in [-0.15, -0.1) is 5.10 Å². The first-order valence-electron chi connectivity index (χ1n) is 3.89. The van der Waals surface area contributed by atoms with Crippen molar-refractivity contribution in [3.63, 3.8) is 0 Å². The van der Waals surface area contributed by atoms with Crippen LogP contribution in [-0.2, 0) is 0 Å². The summed E-state index contributed by atoms with van der Waals surface area (Å²) in [4.78, 5) is 0. The quantitative estimate of drug-likeness (QED) is 0.733. The van der Waals surface area contributed by atoms with E-state index in [9.17, 15) is 13.2 Å². The van der Waals surface area contributed by atoms with Gasteiger partial charge in [-0.2, -0.15) is 18.3 Å². The van der Waals surface area contributed by atoms with E-state index in [1.807, 2.05) is 0 Å². The second-order valence-corrected chi connectivity index (χ2v) is 3.39. The summed E-state index contributed by atoms with van der Waals surface area (Å²) in [5.41, 5.74) is 0.316. The van der Waals surface area contributed by atoms with Gasteiger partial charge in [0.25, 0.3) is 0 Å². The lowest BCUT2D eigenvalue weighted by Gasteiger charge is -2.15. The van der Waals surface area contributed by atoms with Crippen molar-refractivity contribution >= 4 is 11.6 Å². The molecule has 0 aliphatic carbocycles. The van der Waals surface area contributed by atoms with Crippen molar-refractivity contribution < 1.29 is 13.2 Å². The van der Waals surface area contributed by atoms with Gasteiger partial charge in [0.05, 0.1) is 11.6 Å². The van der Waals surface area contributed by atoms with Crippen molar-refractivity contribution in [1.29, 1.82) is 0 Å². The Morgan fingerprint density at radius 2 is 1.93 bits per heavy atom. The van der Waals surface area contributed by atoms with E-state index in [-0.39, 0.29) is 10.8 Å². The van der Waals surface area contributed by atoms with Crippen molar-refractivity contribution in [2.75, 3.05) is 0 Å². The number of halogens is 4. The fourth-order valence-electron chi connectivity index (χ4n) is 1.05. The first-order chi connectivity index (χ1) is 6.32. The minimum absolute atomic E-state index is 0.0816. The highest BCUT2D eigenvalue weighted by Crippen LogP contribution is 2.34. The van der Waals surface area contributed by atoms with E-state index in [0.717, 1.165) is 6.92 Å². The lowest BCUT2D eigenvalue weighted by molar-refractivity contribution is -0.147. The number of aromatic nitrogens is 2. The summed E-state index contributed by atoms with van der Waals surface area (Å²) >= 11 is 5.48. The normalized spacial score (nSPS) is 14.1. The number of alkyl halides is 3. The van der Waals surface area contributed by atoms with Crippen LogP contribution in [0.3, 0.4) is 0 Å². The molecular formula is C8H8ClF3N2. The minimum Gasteiger partial charge on any atom is -0.170 e. The van der Waals surface area contributed by atoms with Crippen LogP contribution < -0.4 is 0 Å². The summed E-state index contributed by atoms with van der Waals surface area (Å²) in [7, 11) is 0. The maximum absolute atomic E-state index is 12.3. The van der Waals surface area contributed by atoms with Gasteiger partial charge >= 0.3 is 6.18 Å². The van der Waals surface area contributed by atoms with Gasteiger partial charge in [-0.1, -0.05) is 11.6 Å². The van der Waals surface area contributed by atoms with Gasteiger partial charge in [0.2, 0.25) is 0 Å². The van der Waals surface area contributed by atoms with E-state index in [1.54, 1.807) is 0 Å². The fraction of sp³-hybridized carbons (Fsp3) is 0.500. The number of nitrogens with zero attached hydrogens (tertiary/aromatic N) is 2. The van der Waals surface area contributed by atoms with Gasteiger partial charge in [-0.3, -0.25) is 0 Å². The third-order valence-corrected chi connectivity index (χ3v) is 2.08. The minimum atomic E-state index is -4.30. The summed E-state index contributed by atoms with van der Waals surface area (Å²) in [6, 6.07) is 1.37. The molecule has 0 fully saturated rings. The molecule has 78 valence electrons. The summed E-state index contributed by atoms with van der Waals surface area (Å²) in [5, 5.41) is 6.93. The molecule has 1 atom stereocenters. The van der Waals surface area contributed by atoms with Crippen LogP contribution in [0.15, 0.2) is 6.07 Å². The molecule has 0 saturated carbocycles. The zero-order valence-corrected chi connectivity index (χ0v) is 8.32. The van der Waals surface area contributed by atoms with Crippen molar-refractivity contribution in [2.45, 2.75) is 25.9 Å². The van der Waals surface area contributed by atoms with Crippen LogP contribution in [0.2, 0.25) is 5.15 Å². The Balaban J connectivity index is 3.08. The van der Waals surface area contributed by atoms with Gasteiger partial charge in [-0.05, 0) is 25.5 Å². The van der Waals surface area contributed by atoms with Crippen LogP contribution in [0.25, 0.3) is 0 Å². The predicted octanol–water partition coefficient (Wildman–Crippen LogP) is 3.10. The van der Waals surface area contributed by atoms with Crippen molar-refractivity contribution in [3.8, 4) is 0 Å². The highest BCUT2D eigenvalue weighted by molar-refractivity contribution is 6.29. The highest BCUT2D eigenvalue weighted by Gasteiger charge is 2.39. The molecule has 0 aromatic carbocycles. The average Bonchev–Trinajstić information content (AvgIpc) is 2.01. The maximum Gasteiger partial charge on any atom is 0.397 e. The molecule has 0 aliphatic rings. The van der Waals surface area contributed by atoms with Crippen molar-refractivity contribution in [3.05, 3.63) is 22.5 Å². The van der Waals surface area contributed by atoms with E-state index < -0.39 is 12.1 Å². The first kappa shape index (κ1) is 11.2. The standard InChI is InChI=1S/C8H8ClF3N2/c1-4-3-6(9)13-14-7(4)5(2)8(10,11)12/h3,5H,1-2H3. The molecule has 0 aliphatic heterocycles. The average molecular weight is 225 g/mol. The third-order valence-electron chi connectivity index (χ3n) is 1.89. The Bertz CT molecular complexity index is 338. The molecule has 0 amide bonds. The smallest absolute Gasteiger partial charge is 0.170 e. The van der Waals surface area contributed by atoms with Gasteiger partial charge in [-0.25, -0.2) is 0 Å². The molecule has 1 aromatic rings. The lowest BCUT2D eigenvalue weighted by atomic mass is 10.0. The van der Waals surface area contributed by atoms with Gasteiger partial charge in [0, 0.05) is 0 Å². The molecule has 0 saturated heterocycles. The second kappa shape index (κ2) is 3.73. The molecule has 0 radical (unpaired) electrons. The second-order valence-electron chi connectivity index (χ2n) is 3.00. The molecule has 14 heavy (non-hydrogen) atoms. The Labute approximate surface area is 84.1 Å². The molecule has 1 heterocycles. The molecule has 1 rings (SSSR count). The number of hydrogen-bond donors (Lipinski definition) is 0. The van der Waals surface area contributed by atoms with Crippen LogP contribution in [-0.4, -0.2) is 16.4 Å². The third kappa shape index (κ3) is 2.35. The van der Waals surface area contributed by atoms with Crippen LogP contribution in [0.4, 0.5) is 13.2 Å². The Hall–Kier alpha value is -0.840. The molecular weight excluding hydrogens is 217 g/mol. The molecule has 2 nitrogen and oxygen atoms in total.